The summed E-state index contributed by atoms with van der Waals surface area (Å²) in [7, 11) is -1.99. The van der Waals surface area contributed by atoms with Crippen LogP contribution in [0.2, 0.25) is 0 Å². The van der Waals surface area contributed by atoms with Crippen LogP contribution in [-0.4, -0.2) is 32.8 Å². The van der Waals surface area contributed by atoms with Crippen LogP contribution < -0.4 is 5.32 Å². The van der Waals surface area contributed by atoms with E-state index in [1.54, 1.807) is 43.5 Å². The smallest absolute Gasteiger partial charge is 0.244 e. The number of sulfone groups is 1. The average Bonchev–Trinajstić information content (AvgIpc) is 2.69. The number of allylic oxidation sites excluding steroid dienone is 3. The van der Waals surface area contributed by atoms with E-state index in [0.29, 0.717) is 24.2 Å². The third kappa shape index (κ3) is 3.63. The summed E-state index contributed by atoms with van der Waals surface area (Å²) in [5.74, 6) is 0.208. The van der Waals surface area contributed by atoms with E-state index in [9.17, 15) is 13.2 Å². The van der Waals surface area contributed by atoms with Gasteiger partial charge in [-0.25, -0.2) is 8.42 Å². The quantitative estimate of drug-likeness (QED) is 0.859. The van der Waals surface area contributed by atoms with E-state index >= 15 is 0 Å². The molecule has 3 rings (SSSR count). The lowest BCUT2D eigenvalue weighted by atomic mass is 10.0. The number of carbonyl (C=O) groups is 1. The van der Waals surface area contributed by atoms with Crippen molar-refractivity contribution in [3.63, 3.8) is 0 Å². The molecule has 0 spiro atoms. The Hall–Kier alpha value is -2.64. The first kappa shape index (κ1) is 18.2. The Kier molecular flexibility index (Phi) is 5.39. The van der Waals surface area contributed by atoms with Gasteiger partial charge < -0.3 is 10.1 Å². The van der Waals surface area contributed by atoms with Gasteiger partial charge in [0.05, 0.1) is 22.5 Å². The van der Waals surface area contributed by atoms with Crippen LogP contribution in [0.1, 0.15) is 12.8 Å². The first-order valence-electron chi connectivity index (χ1n) is 8.25. The van der Waals surface area contributed by atoms with E-state index in [4.69, 9.17) is 4.74 Å². The first-order valence-corrected chi connectivity index (χ1v) is 9.73. The summed E-state index contributed by atoms with van der Waals surface area (Å²) in [5, 5.41) is 2.80. The Bertz CT molecular complexity index is 912. The second-order valence-corrected chi connectivity index (χ2v) is 7.75. The van der Waals surface area contributed by atoms with E-state index < -0.39 is 9.84 Å². The lowest BCUT2D eigenvalue weighted by Crippen LogP contribution is -2.31. The molecule has 0 radical (unpaired) electrons. The highest BCUT2D eigenvalue weighted by Crippen LogP contribution is 2.34. The zero-order valence-electron chi connectivity index (χ0n) is 14.4. The van der Waals surface area contributed by atoms with Crippen LogP contribution in [0.25, 0.3) is 0 Å². The Morgan fingerprint density at radius 3 is 2.77 bits per heavy atom. The molecular formula is C19H20N2O4S. The molecule has 1 aromatic carbocycles. The van der Waals surface area contributed by atoms with E-state index in [1.807, 2.05) is 6.08 Å². The van der Waals surface area contributed by atoms with Crippen molar-refractivity contribution in [2.24, 2.45) is 0 Å². The molecule has 26 heavy (non-hydrogen) atoms. The van der Waals surface area contributed by atoms with Crippen LogP contribution in [0.15, 0.2) is 82.3 Å². The number of rotatable bonds is 5. The van der Waals surface area contributed by atoms with Crippen molar-refractivity contribution in [2.75, 3.05) is 13.6 Å². The first-order chi connectivity index (χ1) is 12.5. The summed E-state index contributed by atoms with van der Waals surface area (Å²) in [6.45, 7) is 0.169. The summed E-state index contributed by atoms with van der Waals surface area (Å²) in [4.78, 5) is 13.9. The number of ether oxygens (including phenoxy) is 1. The maximum atomic E-state index is 13.1. The molecule has 6 nitrogen and oxygen atoms in total. The zero-order chi connectivity index (χ0) is 18.6. The van der Waals surface area contributed by atoms with Gasteiger partial charge in [0.15, 0.2) is 0 Å². The van der Waals surface area contributed by atoms with E-state index in [-0.39, 0.29) is 22.3 Å². The minimum atomic E-state index is -3.68. The van der Waals surface area contributed by atoms with Gasteiger partial charge in [0, 0.05) is 11.8 Å². The number of likely N-dealkylation sites (N-methyl/N-ethyl adjacent to an activating group) is 1. The summed E-state index contributed by atoms with van der Waals surface area (Å²) in [5.41, 5.74) is 0.572. The molecule has 0 atom stereocenters. The predicted molar refractivity (Wildman–Crippen MR) is 98.1 cm³/mol. The van der Waals surface area contributed by atoms with E-state index in [2.05, 4.69) is 5.32 Å². The zero-order valence-corrected chi connectivity index (χ0v) is 15.2. The lowest BCUT2D eigenvalue weighted by Gasteiger charge is -2.23. The Morgan fingerprint density at radius 2 is 2.04 bits per heavy atom. The second kappa shape index (κ2) is 7.72. The number of nitrogens with one attached hydrogen (secondary N) is 1. The molecule has 0 saturated carbocycles. The molecule has 1 aliphatic heterocycles. The van der Waals surface area contributed by atoms with Gasteiger partial charge in [-0.3, -0.25) is 9.69 Å². The highest BCUT2D eigenvalue weighted by molar-refractivity contribution is 7.95. The van der Waals surface area contributed by atoms with E-state index in [1.165, 1.54) is 23.6 Å². The molecule has 1 aliphatic carbocycles. The van der Waals surface area contributed by atoms with Gasteiger partial charge in [-0.05, 0) is 38.1 Å². The van der Waals surface area contributed by atoms with Crippen LogP contribution >= 0.6 is 0 Å². The molecule has 1 heterocycles. The molecule has 0 aromatic heterocycles. The van der Waals surface area contributed by atoms with Crippen molar-refractivity contribution in [2.45, 2.75) is 17.7 Å². The summed E-state index contributed by atoms with van der Waals surface area (Å²) in [6, 6.07) is 8.30. The number of hydrogen-bond acceptors (Lipinski definition) is 5. The van der Waals surface area contributed by atoms with Crippen LogP contribution in [-0.2, 0) is 19.4 Å². The van der Waals surface area contributed by atoms with Gasteiger partial charge in [-0.2, -0.15) is 0 Å². The molecular weight excluding hydrogens is 352 g/mol. The molecule has 0 fully saturated rings. The van der Waals surface area contributed by atoms with Gasteiger partial charge in [-0.1, -0.05) is 24.3 Å². The Morgan fingerprint density at radius 1 is 1.27 bits per heavy atom. The topological polar surface area (TPSA) is 75.7 Å². The summed E-state index contributed by atoms with van der Waals surface area (Å²) >= 11 is 0. The van der Waals surface area contributed by atoms with Crippen molar-refractivity contribution in [3.05, 3.63) is 77.4 Å². The number of carbonyl (C=O) groups excluding carboxylic acids is 1. The monoisotopic (exact) mass is 372 g/mol. The molecule has 1 N–H and O–H groups in total. The minimum absolute atomic E-state index is 0.163. The highest BCUT2D eigenvalue weighted by atomic mass is 32.2. The molecule has 1 aromatic rings. The number of nitrogens with zero attached hydrogens (tertiary/aromatic N) is 1. The highest BCUT2D eigenvalue weighted by Gasteiger charge is 2.27. The van der Waals surface area contributed by atoms with Gasteiger partial charge in [0.1, 0.15) is 12.0 Å². The van der Waals surface area contributed by atoms with Gasteiger partial charge in [0.2, 0.25) is 15.7 Å². The molecule has 2 aliphatic rings. The fourth-order valence-corrected chi connectivity index (χ4v) is 4.35. The van der Waals surface area contributed by atoms with Crippen LogP contribution in [0.5, 0.6) is 0 Å². The Balaban J connectivity index is 2.03. The SMILES string of the molecule is CNCC(=O)N1C=COC(C2=C(S(=O)(=O)c3ccccc3)C=CCC2)=C1. The minimum Gasteiger partial charge on any atom is -0.462 e. The molecule has 0 unspecified atom stereocenters. The fourth-order valence-electron chi connectivity index (χ4n) is 2.78. The van der Waals surface area contributed by atoms with Crippen LogP contribution in [0, 0.1) is 0 Å². The van der Waals surface area contributed by atoms with Crippen LogP contribution in [0.4, 0.5) is 0 Å². The molecule has 136 valence electrons. The third-order valence-corrected chi connectivity index (χ3v) is 5.91. The number of amides is 1. The second-order valence-electron chi connectivity index (χ2n) is 5.83. The maximum absolute atomic E-state index is 13.1. The van der Waals surface area contributed by atoms with Crippen molar-refractivity contribution in [3.8, 4) is 0 Å². The number of hydrogen-bond donors (Lipinski definition) is 1. The summed E-state index contributed by atoms with van der Waals surface area (Å²) < 4.78 is 31.7. The number of benzene rings is 1. The van der Waals surface area contributed by atoms with Gasteiger partial charge in [0.25, 0.3) is 0 Å². The van der Waals surface area contributed by atoms with Crippen molar-refractivity contribution in [1.29, 1.82) is 0 Å². The average molecular weight is 372 g/mol. The van der Waals surface area contributed by atoms with Crippen molar-refractivity contribution in [1.82, 2.24) is 10.2 Å². The van der Waals surface area contributed by atoms with Crippen molar-refractivity contribution >= 4 is 15.7 Å². The van der Waals surface area contributed by atoms with Crippen LogP contribution in [0.3, 0.4) is 0 Å². The molecule has 0 saturated heterocycles. The predicted octanol–water partition coefficient (Wildman–Crippen LogP) is 2.46. The standard InChI is InChI=1S/C19H20N2O4S/c1-20-13-19(22)21-11-12-25-17(14-21)16-9-5-6-10-18(16)26(23,24)15-7-3-2-4-8-15/h2-4,6-8,10-12,14,20H,5,9,13H2,1H3. The van der Waals surface area contributed by atoms with Gasteiger partial charge in [-0.15, -0.1) is 0 Å². The summed E-state index contributed by atoms with van der Waals surface area (Å²) in [6.07, 6.45) is 9.11. The molecule has 0 bridgehead atoms. The largest absolute Gasteiger partial charge is 0.462 e. The molecule has 1 amide bonds. The maximum Gasteiger partial charge on any atom is 0.244 e. The fraction of sp³-hybridized carbons (Fsp3) is 0.211. The Labute approximate surface area is 153 Å². The molecule has 7 heteroatoms. The van der Waals surface area contributed by atoms with Gasteiger partial charge >= 0.3 is 0 Å². The van der Waals surface area contributed by atoms with E-state index in [0.717, 1.165) is 0 Å². The lowest BCUT2D eigenvalue weighted by molar-refractivity contribution is -0.125. The third-order valence-electron chi connectivity index (χ3n) is 4.06. The van der Waals surface area contributed by atoms with Crippen molar-refractivity contribution < 1.29 is 17.9 Å². The normalized spacial score (nSPS) is 17.1.